The third kappa shape index (κ3) is 6.02. The molecule has 1 unspecified atom stereocenters. The zero-order chi connectivity index (χ0) is 26.6. The summed E-state index contributed by atoms with van der Waals surface area (Å²) >= 11 is 1.32. The van der Waals surface area contributed by atoms with E-state index in [1.54, 1.807) is 30.3 Å². The Bertz CT molecular complexity index is 1290. The zero-order valence-corrected chi connectivity index (χ0v) is 22.0. The van der Waals surface area contributed by atoms with E-state index in [1.165, 1.54) is 23.5 Å². The van der Waals surface area contributed by atoms with Gasteiger partial charge in [-0.3, -0.25) is 14.5 Å². The van der Waals surface area contributed by atoms with Crippen molar-refractivity contribution < 1.29 is 28.6 Å². The highest BCUT2D eigenvalue weighted by atomic mass is 32.1. The van der Waals surface area contributed by atoms with Crippen LogP contribution in [0.15, 0.2) is 41.9 Å². The fourth-order valence-electron chi connectivity index (χ4n) is 4.97. The van der Waals surface area contributed by atoms with E-state index >= 15 is 0 Å². The lowest BCUT2D eigenvalue weighted by Crippen LogP contribution is -2.40. The standard InChI is InChI=1S/C28H30FN3O5S/c1-36-25-7-2-18(15-30-25)22-6-3-20(29)14-23(22)24-16-38-28(31-24)32(21-4-5-21)27(35)19(13-26(33)34)12-17-8-10-37-11-9-17/h2-3,6-7,14-17,19,21H,4-5,8-13H2,1H3,(H,33,34). The molecular weight excluding hydrogens is 509 g/mol. The van der Waals surface area contributed by atoms with Crippen LogP contribution in [0.1, 0.15) is 38.5 Å². The molecule has 3 heterocycles. The van der Waals surface area contributed by atoms with Crippen LogP contribution < -0.4 is 9.64 Å². The van der Waals surface area contributed by atoms with Crippen molar-refractivity contribution in [1.29, 1.82) is 0 Å². The Balaban J connectivity index is 1.44. The number of amides is 1. The molecular formula is C28H30FN3O5S. The van der Waals surface area contributed by atoms with Gasteiger partial charge < -0.3 is 14.6 Å². The summed E-state index contributed by atoms with van der Waals surface area (Å²) in [6, 6.07) is 8.11. The van der Waals surface area contributed by atoms with Crippen molar-refractivity contribution in [3.05, 3.63) is 47.7 Å². The first-order chi connectivity index (χ1) is 18.4. The van der Waals surface area contributed by atoms with Crippen molar-refractivity contribution in [2.75, 3.05) is 25.2 Å². The summed E-state index contributed by atoms with van der Waals surface area (Å²) in [5.41, 5.74) is 2.68. The molecule has 1 atom stereocenters. The quantitative estimate of drug-likeness (QED) is 0.367. The lowest BCUT2D eigenvalue weighted by atomic mass is 9.86. The van der Waals surface area contributed by atoms with Gasteiger partial charge in [0.2, 0.25) is 11.8 Å². The number of halogens is 1. The average molecular weight is 540 g/mol. The van der Waals surface area contributed by atoms with Crippen molar-refractivity contribution in [1.82, 2.24) is 9.97 Å². The molecule has 10 heteroatoms. The van der Waals surface area contributed by atoms with Crippen molar-refractivity contribution in [3.63, 3.8) is 0 Å². The molecule has 38 heavy (non-hydrogen) atoms. The molecule has 5 rings (SSSR count). The van der Waals surface area contributed by atoms with Crippen molar-refractivity contribution in [2.45, 2.75) is 44.6 Å². The molecule has 1 saturated heterocycles. The number of carbonyl (C=O) groups is 2. The molecule has 0 bridgehead atoms. The Hall–Kier alpha value is -3.37. The minimum absolute atomic E-state index is 0.00486. The van der Waals surface area contributed by atoms with Gasteiger partial charge in [-0.05, 0) is 61.8 Å². The van der Waals surface area contributed by atoms with Gasteiger partial charge in [-0.2, -0.15) is 0 Å². The number of benzene rings is 1. The molecule has 2 aromatic heterocycles. The van der Waals surface area contributed by atoms with Crippen LogP contribution in [0.2, 0.25) is 0 Å². The number of carboxylic acids is 1. The maximum absolute atomic E-state index is 14.4. The molecule has 1 saturated carbocycles. The van der Waals surface area contributed by atoms with Gasteiger partial charge in [-0.1, -0.05) is 6.07 Å². The number of carbonyl (C=O) groups excluding carboxylic acids is 1. The maximum atomic E-state index is 14.4. The SMILES string of the molecule is COc1ccc(-c2ccc(F)cc2-c2csc(N(C(=O)C(CC(=O)O)CC3CCOCC3)C3CC3)n2)cn1. The van der Waals surface area contributed by atoms with Crippen LogP contribution in [0.3, 0.4) is 0 Å². The van der Waals surface area contributed by atoms with Gasteiger partial charge in [0.15, 0.2) is 5.13 Å². The molecule has 2 fully saturated rings. The summed E-state index contributed by atoms with van der Waals surface area (Å²) in [6.07, 6.45) is 5.33. The summed E-state index contributed by atoms with van der Waals surface area (Å²) in [7, 11) is 1.54. The molecule has 0 spiro atoms. The highest BCUT2D eigenvalue weighted by Gasteiger charge is 2.40. The van der Waals surface area contributed by atoms with Gasteiger partial charge in [0.05, 0.1) is 19.2 Å². The first-order valence-electron chi connectivity index (χ1n) is 12.8. The summed E-state index contributed by atoms with van der Waals surface area (Å²) in [5, 5.41) is 11.9. The predicted molar refractivity (Wildman–Crippen MR) is 142 cm³/mol. The largest absolute Gasteiger partial charge is 0.481 e. The van der Waals surface area contributed by atoms with Crippen LogP contribution in [0, 0.1) is 17.7 Å². The van der Waals surface area contributed by atoms with E-state index in [2.05, 4.69) is 4.98 Å². The highest BCUT2D eigenvalue weighted by molar-refractivity contribution is 7.14. The van der Waals surface area contributed by atoms with Gasteiger partial charge in [0, 0.05) is 53.9 Å². The Kier molecular flexibility index (Phi) is 7.99. The molecule has 2 aliphatic rings. The molecule has 200 valence electrons. The van der Waals surface area contributed by atoms with Crippen LogP contribution in [-0.4, -0.2) is 53.3 Å². The minimum atomic E-state index is -0.983. The lowest BCUT2D eigenvalue weighted by Gasteiger charge is -2.29. The molecule has 1 aliphatic carbocycles. The highest BCUT2D eigenvalue weighted by Crippen LogP contribution is 2.40. The van der Waals surface area contributed by atoms with Crippen LogP contribution >= 0.6 is 11.3 Å². The minimum Gasteiger partial charge on any atom is -0.481 e. The van der Waals surface area contributed by atoms with Crippen LogP contribution in [0.25, 0.3) is 22.4 Å². The summed E-state index contributed by atoms with van der Waals surface area (Å²) in [4.78, 5) is 36.2. The number of hydrogen-bond donors (Lipinski definition) is 1. The fraction of sp³-hybridized carbons (Fsp3) is 0.429. The second-order valence-corrected chi connectivity index (χ2v) is 10.7. The van der Waals surface area contributed by atoms with Gasteiger partial charge in [0.1, 0.15) is 5.82 Å². The number of carboxylic acid groups (broad SMARTS) is 1. The zero-order valence-electron chi connectivity index (χ0n) is 21.1. The first-order valence-corrected chi connectivity index (χ1v) is 13.7. The van der Waals surface area contributed by atoms with Gasteiger partial charge in [-0.15, -0.1) is 11.3 Å². The Morgan fingerprint density at radius 2 is 1.97 bits per heavy atom. The summed E-state index contributed by atoms with van der Waals surface area (Å²) in [6.45, 7) is 1.28. The van der Waals surface area contributed by atoms with E-state index in [1.807, 2.05) is 11.4 Å². The second kappa shape index (κ2) is 11.6. The topological polar surface area (TPSA) is 102 Å². The third-order valence-corrected chi connectivity index (χ3v) is 7.93. The molecule has 8 nitrogen and oxygen atoms in total. The monoisotopic (exact) mass is 539 g/mol. The Morgan fingerprint density at radius 1 is 1.18 bits per heavy atom. The van der Waals surface area contributed by atoms with Crippen molar-refractivity contribution in [3.8, 4) is 28.3 Å². The van der Waals surface area contributed by atoms with Crippen LogP contribution in [0.5, 0.6) is 5.88 Å². The second-order valence-electron chi connectivity index (χ2n) is 9.82. The average Bonchev–Trinajstić information content (AvgIpc) is 3.64. The molecule has 1 aliphatic heterocycles. The number of aliphatic carboxylic acids is 1. The number of hydrogen-bond acceptors (Lipinski definition) is 7. The fourth-order valence-corrected chi connectivity index (χ4v) is 5.87. The Labute approximate surface area is 224 Å². The molecule has 3 aromatic rings. The van der Waals surface area contributed by atoms with Gasteiger partial charge >= 0.3 is 5.97 Å². The molecule has 1 aromatic carbocycles. The number of methoxy groups -OCH3 is 1. The number of rotatable bonds is 10. The smallest absolute Gasteiger partial charge is 0.304 e. The number of ether oxygens (including phenoxy) is 2. The van der Waals surface area contributed by atoms with E-state index in [-0.39, 0.29) is 24.3 Å². The van der Waals surface area contributed by atoms with E-state index in [4.69, 9.17) is 14.5 Å². The van der Waals surface area contributed by atoms with E-state index in [9.17, 15) is 19.1 Å². The van der Waals surface area contributed by atoms with Crippen molar-refractivity contribution in [2.24, 2.45) is 11.8 Å². The van der Waals surface area contributed by atoms with Gasteiger partial charge in [-0.25, -0.2) is 14.4 Å². The number of thiazole rings is 1. The lowest BCUT2D eigenvalue weighted by molar-refractivity contribution is -0.141. The summed E-state index contributed by atoms with van der Waals surface area (Å²) < 4.78 is 24.9. The van der Waals surface area contributed by atoms with Crippen LogP contribution in [-0.2, 0) is 14.3 Å². The number of nitrogens with zero attached hydrogens (tertiary/aromatic N) is 3. The van der Waals surface area contributed by atoms with Crippen LogP contribution in [0.4, 0.5) is 9.52 Å². The Morgan fingerprint density at radius 3 is 2.63 bits per heavy atom. The third-order valence-electron chi connectivity index (χ3n) is 7.09. The first kappa shape index (κ1) is 26.2. The number of pyridine rings is 1. The molecule has 0 radical (unpaired) electrons. The van der Waals surface area contributed by atoms with Crippen molar-refractivity contribution >= 4 is 28.3 Å². The van der Waals surface area contributed by atoms with E-state index in [0.717, 1.165) is 36.8 Å². The normalized spacial score (nSPS) is 16.7. The number of anilines is 1. The number of aromatic nitrogens is 2. The predicted octanol–water partition coefficient (Wildman–Crippen LogP) is 5.42. The molecule has 1 N–H and O–H groups in total. The summed E-state index contributed by atoms with van der Waals surface area (Å²) in [5.74, 6) is -1.46. The van der Waals surface area contributed by atoms with Gasteiger partial charge in [0.25, 0.3) is 0 Å². The maximum Gasteiger partial charge on any atom is 0.304 e. The van der Waals surface area contributed by atoms with E-state index < -0.39 is 17.7 Å². The van der Waals surface area contributed by atoms with E-state index in [0.29, 0.717) is 41.9 Å². The molecule has 1 amide bonds.